The number of likely N-dealkylation sites (tertiary alicyclic amines) is 2. The SMILES string of the molecule is CC(=O)N1CCC(C(=O)N2CCC(Cc3n[nH]c(=O)n3-c3ccccc3C)CC2)CC1. The summed E-state index contributed by atoms with van der Waals surface area (Å²) in [6.07, 6.45) is 4.05. The normalized spacial score (nSPS) is 18.4. The number of hydrogen-bond donors (Lipinski definition) is 1. The van der Waals surface area contributed by atoms with E-state index in [0.717, 1.165) is 55.8 Å². The first kappa shape index (κ1) is 21.3. The van der Waals surface area contributed by atoms with Crippen molar-refractivity contribution < 1.29 is 9.59 Å². The average molecular weight is 426 g/mol. The van der Waals surface area contributed by atoms with Crippen LogP contribution in [0.1, 0.15) is 44.0 Å². The van der Waals surface area contributed by atoms with E-state index in [9.17, 15) is 14.4 Å². The fourth-order valence-electron chi connectivity index (χ4n) is 4.84. The number of carbonyl (C=O) groups is 2. The van der Waals surface area contributed by atoms with Gasteiger partial charge in [0.1, 0.15) is 5.82 Å². The number of para-hydroxylation sites is 1. The van der Waals surface area contributed by atoms with Gasteiger partial charge in [-0.15, -0.1) is 0 Å². The lowest BCUT2D eigenvalue weighted by Gasteiger charge is -2.37. The van der Waals surface area contributed by atoms with Crippen molar-refractivity contribution in [3.05, 3.63) is 46.1 Å². The number of nitrogens with one attached hydrogen (secondary N) is 1. The number of aromatic amines is 1. The molecule has 0 spiro atoms. The Morgan fingerprint density at radius 3 is 2.32 bits per heavy atom. The van der Waals surface area contributed by atoms with E-state index in [2.05, 4.69) is 10.2 Å². The van der Waals surface area contributed by atoms with Gasteiger partial charge in [0.25, 0.3) is 0 Å². The first-order chi connectivity index (χ1) is 14.9. The Morgan fingerprint density at radius 1 is 1.03 bits per heavy atom. The maximum atomic E-state index is 12.9. The molecule has 0 bridgehead atoms. The van der Waals surface area contributed by atoms with Crippen molar-refractivity contribution in [2.24, 2.45) is 11.8 Å². The van der Waals surface area contributed by atoms with E-state index in [1.165, 1.54) is 0 Å². The van der Waals surface area contributed by atoms with Crippen LogP contribution in [0, 0.1) is 18.8 Å². The van der Waals surface area contributed by atoms with Gasteiger partial charge in [0, 0.05) is 45.4 Å². The minimum Gasteiger partial charge on any atom is -0.343 e. The van der Waals surface area contributed by atoms with E-state index in [0.29, 0.717) is 25.4 Å². The Balaban J connectivity index is 1.35. The standard InChI is InChI=1S/C23H31N5O3/c1-16-5-3-4-6-20(16)28-21(24-25-23(28)31)15-18-7-11-27(12-8-18)22(30)19-9-13-26(14-10-19)17(2)29/h3-6,18-19H,7-15H2,1-2H3,(H,25,31). The van der Waals surface area contributed by atoms with E-state index in [1.807, 2.05) is 41.0 Å². The van der Waals surface area contributed by atoms with Gasteiger partial charge < -0.3 is 9.80 Å². The minimum absolute atomic E-state index is 0.0322. The number of benzene rings is 1. The molecule has 2 amide bonds. The van der Waals surface area contributed by atoms with Gasteiger partial charge in [0.15, 0.2) is 0 Å². The third-order valence-corrected chi connectivity index (χ3v) is 6.79. The first-order valence-electron chi connectivity index (χ1n) is 11.2. The zero-order valence-corrected chi connectivity index (χ0v) is 18.3. The Bertz CT molecular complexity index is 995. The number of hydrogen-bond acceptors (Lipinski definition) is 4. The van der Waals surface area contributed by atoms with Gasteiger partial charge >= 0.3 is 5.69 Å². The number of carbonyl (C=O) groups excluding carboxylic acids is 2. The van der Waals surface area contributed by atoms with Crippen molar-refractivity contribution in [3.8, 4) is 5.69 Å². The predicted molar refractivity (Wildman–Crippen MR) is 117 cm³/mol. The molecule has 2 aromatic rings. The van der Waals surface area contributed by atoms with Gasteiger partial charge in [-0.1, -0.05) is 18.2 Å². The largest absolute Gasteiger partial charge is 0.347 e. The molecule has 2 fully saturated rings. The van der Waals surface area contributed by atoms with Crippen LogP contribution >= 0.6 is 0 Å². The van der Waals surface area contributed by atoms with E-state index in [1.54, 1.807) is 11.5 Å². The Kier molecular flexibility index (Phi) is 6.25. The first-order valence-corrected chi connectivity index (χ1v) is 11.2. The van der Waals surface area contributed by atoms with Crippen LogP contribution in [0.3, 0.4) is 0 Å². The van der Waals surface area contributed by atoms with Gasteiger partial charge in [0.05, 0.1) is 5.69 Å². The highest BCUT2D eigenvalue weighted by molar-refractivity contribution is 5.79. The quantitative estimate of drug-likeness (QED) is 0.810. The lowest BCUT2D eigenvalue weighted by atomic mass is 9.90. The summed E-state index contributed by atoms with van der Waals surface area (Å²) in [7, 11) is 0. The molecule has 8 heteroatoms. The maximum absolute atomic E-state index is 12.9. The van der Waals surface area contributed by atoms with Crippen LogP contribution in [-0.2, 0) is 16.0 Å². The molecule has 0 saturated carbocycles. The summed E-state index contributed by atoms with van der Waals surface area (Å²) in [6.45, 7) is 6.43. The van der Waals surface area contributed by atoms with Crippen molar-refractivity contribution in [3.63, 3.8) is 0 Å². The lowest BCUT2D eigenvalue weighted by Crippen LogP contribution is -2.46. The van der Waals surface area contributed by atoms with Crippen LogP contribution in [0.5, 0.6) is 0 Å². The zero-order chi connectivity index (χ0) is 22.0. The van der Waals surface area contributed by atoms with E-state index >= 15 is 0 Å². The van der Waals surface area contributed by atoms with E-state index in [4.69, 9.17) is 0 Å². The summed E-state index contributed by atoms with van der Waals surface area (Å²) < 4.78 is 1.68. The minimum atomic E-state index is -0.214. The van der Waals surface area contributed by atoms with Gasteiger partial charge in [-0.3, -0.25) is 9.59 Å². The molecule has 4 rings (SSSR count). The number of H-pyrrole nitrogens is 1. The van der Waals surface area contributed by atoms with E-state index < -0.39 is 0 Å². The second kappa shape index (κ2) is 9.08. The van der Waals surface area contributed by atoms with Crippen LogP contribution in [0.25, 0.3) is 5.69 Å². The summed E-state index contributed by atoms with van der Waals surface area (Å²) in [5.74, 6) is 1.50. The third kappa shape index (κ3) is 4.57. The van der Waals surface area contributed by atoms with Gasteiger partial charge in [0.2, 0.25) is 11.8 Å². The molecule has 166 valence electrons. The smallest absolute Gasteiger partial charge is 0.343 e. The van der Waals surface area contributed by atoms with Crippen LogP contribution < -0.4 is 5.69 Å². The summed E-state index contributed by atoms with van der Waals surface area (Å²) in [5, 5.41) is 6.89. The molecule has 0 atom stereocenters. The number of rotatable bonds is 4. The predicted octanol–water partition coefficient (Wildman–Crippen LogP) is 1.91. The highest BCUT2D eigenvalue weighted by Crippen LogP contribution is 2.26. The highest BCUT2D eigenvalue weighted by atomic mass is 16.2. The second-order valence-electron chi connectivity index (χ2n) is 8.82. The van der Waals surface area contributed by atoms with Crippen molar-refractivity contribution in [1.29, 1.82) is 0 Å². The molecule has 0 radical (unpaired) electrons. The number of piperidine rings is 2. The number of aryl methyl sites for hydroxylation is 1. The molecule has 8 nitrogen and oxygen atoms in total. The molecular weight excluding hydrogens is 394 g/mol. The van der Waals surface area contributed by atoms with Gasteiger partial charge in [-0.05, 0) is 50.2 Å². The van der Waals surface area contributed by atoms with Gasteiger partial charge in [-0.25, -0.2) is 14.5 Å². The Labute approximate surface area is 182 Å². The topological polar surface area (TPSA) is 91.3 Å². The van der Waals surface area contributed by atoms with Crippen molar-refractivity contribution in [2.45, 2.75) is 46.0 Å². The molecule has 2 saturated heterocycles. The van der Waals surface area contributed by atoms with Crippen LogP contribution in [0.2, 0.25) is 0 Å². The fourth-order valence-corrected chi connectivity index (χ4v) is 4.84. The molecular formula is C23H31N5O3. The molecule has 0 unspecified atom stereocenters. The molecule has 3 heterocycles. The molecule has 2 aliphatic rings. The summed E-state index contributed by atoms with van der Waals surface area (Å²) in [4.78, 5) is 40.6. The summed E-state index contributed by atoms with van der Waals surface area (Å²) in [5.41, 5.74) is 1.68. The van der Waals surface area contributed by atoms with Crippen LogP contribution in [-0.4, -0.2) is 62.6 Å². The molecule has 2 aliphatic heterocycles. The van der Waals surface area contributed by atoms with Crippen molar-refractivity contribution in [2.75, 3.05) is 26.2 Å². The molecule has 1 N–H and O–H groups in total. The van der Waals surface area contributed by atoms with Crippen LogP contribution in [0.4, 0.5) is 0 Å². The Hall–Kier alpha value is -2.90. The maximum Gasteiger partial charge on any atom is 0.347 e. The summed E-state index contributed by atoms with van der Waals surface area (Å²) in [6, 6.07) is 7.81. The molecule has 0 aliphatic carbocycles. The lowest BCUT2D eigenvalue weighted by molar-refractivity contribution is -0.141. The van der Waals surface area contributed by atoms with Crippen LogP contribution in [0.15, 0.2) is 29.1 Å². The van der Waals surface area contributed by atoms with Crippen molar-refractivity contribution in [1.82, 2.24) is 24.6 Å². The number of aromatic nitrogens is 3. The summed E-state index contributed by atoms with van der Waals surface area (Å²) >= 11 is 0. The third-order valence-electron chi connectivity index (χ3n) is 6.79. The monoisotopic (exact) mass is 425 g/mol. The Morgan fingerprint density at radius 2 is 1.68 bits per heavy atom. The zero-order valence-electron chi connectivity index (χ0n) is 18.3. The van der Waals surface area contributed by atoms with E-state index in [-0.39, 0.29) is 23.4 Å². The molecule has 1 aromatic heterocycles. The molecule has 31 heavy (non-hydrogen) atoms. The number of nitrogens with zero attached hydrogens (tertiary/aromatic N) is 4. The highest BCUT2D eigenvalue weighted by Gasteiger charge is 2.32. The van der Waals surface area contributed by atoms with Crippen molar-refractivity contribution >= 4 is 11.8 Å². The number of amides is 2. The average Bonchev–Trinajstić information content (AvgIpc) is 3.14. The van der Waals surface area contributed by atoms with Gasteiger partial charge in [-0.2, -0.15) is 5.10 Å². The molecule has 1 aromatic carbocycles. The fraction of sp³-hybridized carbons (Fsp3) is 0.565. The second-order valence-corrected chi connectivity index (χ2v) is 8.82.